The third-order valence-corrected chi connectivity index (χ3v) is 5.63. The molecular weight excluding hydrogens is 458 g/mol. The number of para-hydroxylation sites is 1. The molecule has 0 fully saturated rings. The third-order valence-electron chi connectivity index (χ3n) is 5.63. The number of nitrogens with one attached hydrogen (secondary N) is 2. The Morgan fingerprint density at radius 1 is 0.972 bits per heavy atom. The van der Waals surface area contributed by atoms with Crippen molar-refractivity contribution >= 4 is 23.6 Å². The second-order valence-electron chi connectivity index (χ2n) is 10.2. The number of hydrogen-bond acceptors (Lipinski definition) is 5. The van der Waals surface area contributed by atoms with Crippen LogP contribution in [0.3, 0.4) is 0 Å². The quantitative estimate of drug-likeness (QED) is 0.477. The van der Waals surface area contributed by atoms with E-state index in [0.29, 0.717) is 11.3 Å². The highest BCUT2D eigenvalue weighted by Gasteiger charge is 2.37. The van der Waals surface area contributed by atoms with Gasteiger partial charge < -0.3 is 25.4 Å². The Morgan fingerprint density at radius 2 is 1.56 bits per heavy atom. The molecule has 2 aromatic rings. The first-order valence-electron chi connectivity index (χ1n) is 12.2. The van der Waals surface area contributed by atoms with Gasteiger partial charge in [0.15, 0.2) is 0 Å². The zero-order valence-corrected chi connectivity index (χ0v) is 22.3. The maximum absolute atomic E-state index is 13.8. The molecule has 2 aromatic carbocycles. The average Bonchev–Trinajstić information content (AvgIpc) is 2.78. The van der Waals surface area contributed by atoms with Crippen LogP contribution in [0.5, 0.6) is 0 Å². The van der Waals surface area contributed by atoms with Crippen LogP contribution in [0, 0.1) is 19.8 Å². The number of rotatable bonds is 9. The van der Waals surface area contributed by atoms with Gasteiger partial charge in [0.05, 0.1) is 6.61 Å². The van der Waals surface area contributed by atoms with E-state index in [9.17, 15) is 19.5 Å². The van der Waals surface area contributed by atoms with E-state index in [4.69, 9.17) is 4.74 Å². The normalized spacial score (nSPS) is 13.0. The minimum Gasteiger partial charge on any atom is -0.444 e. The van der Waals surface area contributed by atoms with Gasteiger partial charge in [-0.05, 0) is 57.2 Å². The molecule has 196 valence electrons. The molecule has 0 spiro atoms. The third kappa shape index (κ3) is 7.81. The summed E-state index contributed by atoms with van der Waals surface area (Å²) < 4.78 is 5.36. The minimum absolute atomic E-state index is 0.0994. The number of benzene rings is 2. The van der Waals surface area contributed by atoms with Gasteiger partial charge in [-0.2, -0.15) is 0 Å². The molecule has 3 N–H and O–H groups in total. The molecule has 2 rings (SSSR count). The molecule has 0 aliphatic carbocycles. The van der Waals surface area contributed by atoms with E-state index in [-0.39, 0.29) is 19.1 Å². The highest BCUT2D eigenvalue weighted by Crippen LogP contribution is 2.27. The Balaban J connectivity index is 2.48. The van der Waals surface area contributed by atoms with Gasteiger partial charge in [0.1, 0.15) is 17.7 Å². The van der Waals surface area contributed by atoms with Gasteiger partial charge in [-0.15, -0.1) is 0 Å². The van der Waals surface area contributed by atoms with Crippen LogP contribution in [0.15, 0.2) is 48.5 Å². The predicted molar refractivity (Wildman–Crippen MR) is 141 cm³/mol. The second kappa shape index (κ2) is 12.5. The summed E-state index contributed by atoms with van der Waals surface area (Å²) in [6.07, 6.45) is -0.727. The number of aryl methyl sites for hydroxylation is 2. The van der Waals surface area contributed by atoms with Crippen molar-refractivity contribution in [2.75, 3.05) is 18.5 Å². The Hall–Kier alpha value is -3.39. The van der Waals surface area contributed by atoms with Gasteiger partial charge in [-0.1, -0.05) is 62.4 Å². The Labute approximate surface area is 214 Å². The first kappa shape index (κ1) is 28.8. The van der Waals surface area contributed by atoms with Crippen LogP contribution in [0.25, 0.3) is 0 Å². The molecular formula is C28H39N3O5. The average molecular weight is 498 g/mol. The highest BCUT2D eigenvalue weighted by atomic mass is 16.6. The van der Waals surface area contributed by atoms with E-state index in [1.54, 1.807) is 58.9 Å². The van der Waals surface area contributed by atoms with Crippen molar-refractivity contribution < 1.29 is 24.2 Å². The molecule has 0 aliphatic rings. The van der Waals surface area contributed by atoms with E-state index < -0.39 is 35.6 Å². The van der Waals surface area contributed by atoms with Gasteiger partial charge >= 0.3 is 6.09 Å². The largest absolute Gasteiger partial charge is 0.444 e. The van der Waals surface area contributed by atoms with Crippen LogP contribution in [-0.2, 0) is 14.3 Å². The van der Waals surface area contributed by atoms with Crippen molar-refractivity contribution in [3.63, 3.8) is 0 Å². The van der Waals surface area contributed by atoms with E-state index in [0.717, 1.165) is 11.1 Å². The summed E-state index contributed by atoms with van der Waals surface area (Å²) in [7, 11) is 0. The highest BCUT2D eigenvalue weighted by molar-refractivity contribution is 6.00. The predicted octanol–water partition coefficient (Wildman–Crippen LogP) is 4.35. The molecule has 8 heteroatoms. The Morgan fingerprint density at radius 3 is 2.06 bits per heavy atom. The van der Waals surface area contributed by atoms with Gasteiger partial charge in [-0.3, -0.25) is 9.59 Å². The van der Waals surface area contributed by atoms with Gasteiger partial charge in [0.2, 0.25) is 5.91 Å². The zero-order chi connectivity index (χ0) is 27.0. The second-order valence-corrected chi connectivity index (χ2v) is 10.2. The summed E-state index contributed by atoms with van der Waals surface area (Å²) in [5.74, 6) is -1.21. The monoisotopic (exact) mass is 497 g/mol. The van der Waals surface area contributed by atoms with Crippen LogP contribution in [0.1, 0.15) is 57.4 Å². The van der Waals surface area contributed by atoms with Crippen molar-refractivity contribution in [3.05, 3.63) is 65.2 Å². The molecule has 0 aliphatic heterocycles. The van der Waals surface area contributed by atoms with E-state index in [1.165, 1.54) is 4.90 Å². The van der Waals surface area contributed by atoms with Crippen LogP contribution in [0.4, 0.5) is 10.5 Å². The topological polar surface area (TPSA) is 108 Å². The van der Waals surface area contributed by atoms with E-state index in [2.05, 4.69) is 10.6 Å². The molecule has 0 aromatic heterocycles. The van der Waals surface area contributed by atoms with Crippen molar-refractivity contribution in [1.29, 1.82) is 0 Å². The first-order valence-corrected chi connectivity index (χ1v) is 12.2. The van der Waals surface area contributed by atoms with Crippen molar-refractivity contribution in [1.82, 2.24) is 10.2 Å². The fraction of sp³-hybridized carbons (Fsp3) is 0.464. The molecule has 2 unspecified atom stereocenters. The van der Waals surface area contributed by atoms with Crippen LogP contribution in [-0.4, -0.2) is 52.7 Å². The maximum Gasteiger partial charge on any atom is 0.408 e. The number of carbonyl (C=O) groups excluding carboxylic acids is 3. The number of aliphatic hydroxyl groups is 1. The van der Waals surface area contributed by atoms with E-state index >= 15 is 0 Å². The molecule has 0 bridgehead atoms. The first-order chi connectivity index (χ1) is 16.9. The number of aliphatic hydroxyl groups excluding tert-OH is 1. The molecule has 0 saturated carbocycles. The summed E-state index contributed by atoms with van der Waals surface area (Å²) >= 11 is 0. The Kier molecular flexibility index (Phi) is 10.0. The molecule has 0 heterocycles. The molecule has 2 atom stereocenters. The van der Waals surface area contributed by atoms with Crippen LogP contribution >= 0.6 is 0 Å². The molecule has 3 amide bonds. The fourth-order valence-corrected chi connectivity index (χ4v) is 3.91. The SMILES string of the molecule is Cc1cccc(C)c1NC(=O)C(c1ccccc1)N(CCO)C(=O)C(NC(=O)OC(C)(C)C)C(C)C. The molecule has 8 nitrogen and oxygen atoms in total. The minimum atomic E-state index is -1.04. The standard InChI is InChI=1S/C28H39N3O5/c1-18(2)22(30-27(35)36-28(5,6)7)26(34)31(16-17-32)24(21-14-9-8-10-15-21)25(33)29-23-19(3)12-11-13-20(23)4/h8-15,18,22,24,32H,16-17H2,1-7H3,(H,29,33)(H,30,35). The number of ether oxygens (including phenoxy) is 1. The van der Waals surface area contributed by atoms with Gasteiger partial charge in [0, 0.05) is 12.2 Å². The lowest BCUT2D eigenvalue weighted by atomic mass is 9.98. The van der Waals surface area contributed by atoms with Crippen molar-refractivity contribution in [2.24, 2.45) is 5.92 Å². The molecule has 0 saturated heterocycles. The summed E-state index contributed by atoms with van der Waals surface area (Å²) in [5.41, 5.74) is 2.30. The van der Waals surface area contributed by atoms with Crippen molar-refractivity contribution in [2.45, 2.75) is 66.2 Å². The van der Waals surface area contributed by atoms with Crippen LogP contribution < -0.4 is 10.6 Å². The maximum atomic E-state index is 13.8. The summed E-state index contributed by atoms with van der Waals surface area (Å²) in [6.45, 7) is 12.1. The zero-order valence-electron chi connectivity index (χ0n) is 22.3. The molecule has 36 heavy (non-hydrogen) atoms. The number of amides is 3. The lowest BCUT2D eigenvalue weighted by Crippen LogP contribution is -2.55. The summed E-state index contributed by atoms with van der Waals surface area (Å²) in [5, 5.41) is 15.5. The number of carbonyl (C=O) groups is 3. The Bertz CT molecular complexity index is 1030. The lowest BCUT2D eigenvalue weighted by molar-refractivity contribution is -0.142. The number of nitrogens with zero attached hydrogens (tertiary/aromatic N) is 1. The smallest absolute Gasteiger partial charge is 0.408 e. The lowest BCUT2D eigenvalue weighted by Gasteiger charge is -2.35. The van der Waals surface area contributed by atoms with Crippen molar-refractivity contribution in [3.8, 4) is 0 Å². The summed E-state index contributed by atoms with van der Waals surface area (Å²) in [4.78, 5) is 41.4. The van der Waals surface area contributed by atoms with Gasteiger partial charge in [-0.25, -0.2) is 4.79 Å². The number of hydrogen-bond donors (Lipinski definition) is 3. The summed E-state index contributed by atoms with van der Waals surface area (Å²) in [6, 6.07) is 12.6. The number of anilines is 1. The van der Waals surface area contributed by atoms with E-state index in [1.807, 2.05) is 38.1 Å². The fourth-order valence-electron chi connectivity index (χ4n) is 3.91. The van der Waals surface area contributed by atoms with Gasteiger partial charge in [0.25, 0.3) is 5.91 Å². The van der Waals surface area contributed by atoms with Crippen LogP contribution in [0.2, 0.25) is 0 Å². The number of alkyl carbamates (subject to hydrolysis) is 1. The molecule has 0 radical (unpaired) electrons.